The lowest BCUT2D eigenvalue weighted by atomic mass is 9.83. The molecule has 3 atom stereocenters. The molecule has 2 fully saturated rings. The summed E-state index contributed by atoms with van der Waals surface area (Å²) >= 11 is 0. The van der Waals surface area contributed by atoms with Crippen LogP contribution in [0.3, 0.4) is 0 Å². The number of aryl methyl sites for hydroxylation is 1. The first kappa shape index (κ1) is 14.1. The third-order valence-electron chi connectivity index (χ3n) is 5.30. The first-order valence-corrected chi connectivity index (χ1v) is 8.13. The third kappa shape index (κ3) is 2.63. The molecule has 1 aromatic rings. The molecule has 4 nitrogen and oxygen atoms in total. The normalized spacial score (nSPS) is 31.6. The van der Waals surface area contributed by atoms with Crippen molar-refractivity contribution in [2.75, 3.05) is 13.6 Å². The molecule has 0 spiro atoms. The third-order valence-corrected chi connectivity index (χ3v) is 5.30. The Morgan fingerprint density at radius 1 is 1.30 bits per heavy atom. The fourth-order valence-electron chi connectivity index (χ4n) is 4.18. The molecule has 0 aliphatic carbocycles. The Hall–Kier alpha value is -0.870. The highest BCUT2D eigenvalue weighted by Crippen LogP contribution is 2.42. The van der Waals surface area contributed by atoms with Gasteiger partial charge in [0.2, 0.25) is 0 Å². The summed E-state index contributed by atoms with van der Waals surface area (Å²) in [6.45, 7) is 3.34. The first-order chi connectivity index (χ1) is 9.69. The van der Waals surface area contributed by atoms with Crippen molar-refractivity contribution < 1.29 is 0 Å². The van der Waals surface area contributed by atoms with Gasteiger partial charge in [0.1, 0.15) is 0 Å². The highest BCUT2D eigenvalue weighted by molar-refractivity contribution is 5.13. The largest absolute Gasteiger partial charge is 0.310 e. The molecule has 0 saturated carbocycles. The van der Waals surface area contributed by atoms with Crippen LogP contribution < -0.4 is 5.32 Å². The number of hydrogen-bond acceptors (Lipinski definition) is 3. The zero-order valence-electron chi connectivity index (χ0n) is 13.0. The van der Waals surface area contributed by atoms with Gasteiger partial charge in [-0.1, -0.05) is 6.92 Å². The summed E-state index contributed by atoms with van der Waals surface area (Å²) in [5, 5.41) is 8.16. The Balaban J connectivity index is 1.76. The minimum atomic E-state index is 0.487. The molecule has 3 heterocycles. The molecule has 2 aliphatic rings. The summed E-state index contributed by atoms with van der Waals surface area (Å²) in [7, 11) is 4.33. The van der Waals surface area contributed by atoms with E-state index in [-0.39, 0.29) is 0 Å². The Bertz CT molecular complexity index is 427. The van der Waals surface area contributed by atoms with Crippen molar-refractivity contribution in [1.29, 1.82) is 0 Å². The summed E-state index contributed by atoms with van der Waals surface area (Å²) in [5.74, 6) is 0.763. The molecule has 1 aromatic heterocycles. The van der Waals surface area contributed by atoms with Crippen molar-refractivity contribution >= 4 is 0 Å². The van der Waals surface area contributed by atoms with Crippen LogP contribution in [0.15, 0.2) is 12.4 Å². The van der Waals surface area contributed by atoms with Crippen molar-refractivity contribution in [2.24, 2.45) is 13.0 Å². The predicted molar refractivity (Wildman–Crippen MR) is 81.5 cm³/mol. The second kappa shape index (κ2) is 5.86. The molecule has 20 heavy (non-hydrogen) atoms. The van der Waals surface area contributed by atoms with E-state index in [0.717, 1.165) is 24.5 Å². The second-order valence-electron chi connectivity index (χ2n) is 6.66. The standard InChI is InChI=1S/C16H28N4/c1-4-7-17-16(13-10-18-19(2)11-13)12-8-14-5-6-15(9-12)20(14)3/h10-12,14-17H,4-9H2,1-3H3. The summed E-state index contributed by atoms with van der Waals surface area (Å²) < 4.78 is 1.93. The van der Waals surface area contributed by atoms with Gasteiger partial charge >= 0.3 is 0 Å². The fourth-order valence-corrected chi connectivity index (χ4v) is 4.18. The van der Waals surface area contributed by atoms with E-state index in [2.05, 4.69) is 35.5 Å². The van der Waals surface area contributed by atoms with E-state index in [0.29, 0.717) is 6.04 Å². The monoisotopic (exact) mass is 276 g/mol. The Kier molecular flexibility index (Phi) is 4.13. The van der Waals surface area contributed by atoms with Crippen LogP contribution in [0.1, 0.15) is 50.6 Å². The lowest BCUT2D eigenvalue weighted by Crippen LogP contribution is -2.43. The zero-order valence-corrected chi connectivity index (χ0v) is 13.0. The van der Waals surface area contributed by atoms with Gasteiger partial charge in [-0.25, -0.2) is 0 Å². The van der Waals surface area contributed by atoms with E-state index < -0.39 is 0 Å². The van der Waals surface area contributed by atoms with Gasteiger partial charge in [-0.15, -0.1) is 0 Å². The van der Waals surface area contributed by atoms with Gasteiger partial charge in [0.15, 0.2) is 0 Å². The minimum Gasteiger partial charge on any atom is -0.310 e. The Morgan fingerprint density at radius 2 is 2.00 bits per heavy atom. The summed E-state index contributed by atoms with van der Waals surface area (Å²) in [4.78, 5) is 2.62. The van der Waals surface area contributed by atoms with E-state index in [1.54, 1.807) is 0 Å². The molecule has 4 heteroatoms. The van der Waals surface area contributed by atoms with Crippen LogP contribution in [0, 0.1) is 5.92 Å². The topological polar surface area (TPSA) is 33.1 Å². The summed E-state index contributed by atoms with van der Waals surface area (Å²) in [6.07, 6.45) is 10.9. The number of nitrogens with one attached hydrogen (secondary N) is 1. The minimum absolute atomic E-state index is 0.487. The van der Waals surface area contributed by atoms with Gasteiger partial charge in [0.05, 0.1) is 6.20 Å². The summed E-state index contributed by atoms with van der Waals surface area (Å²) in [6, 6.07) is 2.10. The van der Waals surface area contributed by atoms with Crippen molar-refractivity contribution in [3.05, 3.63) is 18.0 Å². The number of rotatable bonds is 5. The highest BCUT2D eigenvalue weighted by Gasteiger charge is 2.41. The van der Waals surface area contributed by atoms with Crippen LogP contribution in [0.2, 0.25) is 0 Å². The number of hydrogen-bond donors (Lipinski definition) is 1. The van der Waals surface area contributed by atoms with Crippen LogP contribution in [0.4, 0.5) is 0 Å². The number of nitrogens with zero attached hydrogens (tertiary/aromatic N) is 3. The Labute approximate surface area is 122 Å². The summed E-state index contributed by atoms with van der Waals surface area (Å²) in [5.41, 5.74) is 1.37. The maximum Gasteiger partial charge on any atom is 0.0537 e. The molecular formula is C16H28N4. The van der Waals surface area contributed by atoms with E-state index >= 15 is 0 Å². The van der Waals surface area contributed by atoms with Crippen LogP contribution >= 0.6 is 0 Å². The van der Waals surface area contributed by atoms with Crippen LogP contribution in [-0.2, 0) is 7.05 Å². The lowest BCUT2D eigenvalue weighted by Gasteiger charge is -2.40. The van der Waals surface area contributed by atoms with Gasteiger partial charge in [0, 0.05) is 36.9 Å². The molecular weight excluding hydrogens is 248 g/mol. The van der Waals surface area contributed by atoms with Crippen LogP contribution in [-0.4, -0.2) is 40.4 Å². The van der Waals surface area contributed by atoms with E-state index in [1.807, 2.05) is 17.9 Å². The van der Waals surface area contributed by atoms with Crippen molar-refractivity contribution in [3.63, 3.8) is 0 Å². The highest BCUT2D eigenvalue weighted by atomic mass is 15.2. The quantitative estimate of drug-likeness (QED) is 0.896. The molecule has 0 amide bonds. The van der Waals surface area contributed by atoms with E-state index in [1.165, 1.54) is 37.7 Å². The number of fused-ring (bicyclic) bond motifs is 2. The van der Waals surface area contributed by atoms with E-state index in [9.17, 15) is 0 Å². The number of piperidine rings is 1. The molecule has 2 bridgehead atoms. The smallest absolute Gasteiger partial charge is 0.0537 e. The molecule has 2 saturated heterocycles. The van der Waals surface area contributed by atoms with Gasteiger partial charge in [-0.3, -0.25) is 4.68 Å². The maximum atomic E-state index is 4.38. The predicted octanol–water partition coefficient (Wildman–Crippen LogP) is 2.33. The maximum absolute atomic E-state index is 4.38. The first-order valence-electron chi connectivity index (χ1n) is 8.13. The molecule has 3 rings (SSSR count). The average molecular weight is 276 g/mol. The lowest BCUT2D eigenvalue weighted by molar-refractivity contribution is 0.112. The molecule has 1 N–H and O–H groups in total. The molecule has 0 aromatic carbocycles. The van der Waals surface area contributed by atoms with Gasteiger partial charge in [-0.05, 0) is 51.6 Å². The number of aromatic nitrogens is 2. The SMILES string of the molecule is CCCNC(c1cnn(C)c1)C1CC2CCC(C1)N2C. The van der Waals surface area contributed by atoms with Crippen molar-refractivity contribution in [3.8, 4) is 0 Å². The average Bonchev–Trinajstić information content (AvgIpc) is 2.91. The van der Waals surface area contributed by atoms with Crippen LogP contribution in [0.5, 0.6) is 0 Å². The molecule has 3 unspecified atom stereocenters. The van der Waals surface area contributed by atoms with E-state index in [4.69, 9.17) is 0 Å². The van der Waals surface area contributed by atoms with Gasteiger partial charge < -0.3 is 10.2 Å². The van der Waals surface area contributed by atoms with Crippen molar-refractivity contribution in [2.45, 2.75) is 57.2 Å². The molecule has 2 aliphatic heterocycles. The second-order valence-corrected chi connectivity index (χ2v) is 6.66. The molecule has 112 valence electrons. The Morgan fingerprint density at radius 3 is 2.55 bits per heavy atom. The van der Waals surface area contributed by atoms with Crippen LogP contribution in [0.25, 0.3) is 0 Å². The molecule has 0 radical (unpaired) electrons. The van der Waals surface area contributed by atoms with Gasteiger partial charge in [-0.2, -0.15) is 5.10 Å². The zero-order chi connectivity index (χ0) is 14.1. The van der Waals surface area contributed by atoms with Crippen molar-refractivity contribution in [1.82, 2.24) is 20.0 Å². The fraction of sp³-hybridized carbons (Fsp3) is 0.812. The van der Waals surface area contributed by atoms with Gasteiger partial charge in [0.25, 0.3) is 0 Å².